The molecule has 4 heteroatoms. The third-order valence-electron chi connectivity index (χ3n) is 3.23. The van der Waals surface area contributed by atoms with Gasteiger partial charge in [-0.25, -0.2) is 10.6 Å². The van der Waals surface area contributed by atoms with Gasteiger partial charge in [0.05, 0.1) is 0 Å². The number of nitrogens with one attached hydrogen (secondary N) is 1. The molecule has 0 aliphatic heterocycles. The summed E-state index contributed by atoms with van der Waals surface area (Å²) in [6.07, 6.45) is 0.844. The van der Waals surface area contributed by atoms with Gasteiger partial charge in [0.15, 0.2) is 0 Å². The van der Waals surface area contributed by atoms with Crippen LogP contribution in [0.15, 0.2) is 18.2 Å². The standard InChI is InChI=1S/C14H23N3O/c1-10(2)12-6-5-11(3)13(9-12)7-8-17(4)14(18)16-15/h5-6,9-10H,7-8,15H2,1-4H3,(H,16,18). The van der Waals surface area contributed by atoms with Crippen LogP contribution in [-0.4, -0.2) is 24.5 Å². The maximum absolute atomic E-state index is 11.3. The molecule has 0 saturated carbocycles. The summed E-state index contributed by atoms with van der Waals surface area (Å²) in [5.41, 5.74) is 6.02. The van der Waals surface area contributed by atoms with E-state index in [2.05, 4.69) is 44.4 Å². The molecule has 18 heavy (non-hydrogen) atoms. The number of benzene rings is 1. The van der Waals surface area contributed by atoms with Gasteiger partial charge in [-0.3, -0.25) is 5.43 Å². The van der Waals surface area contributed by atoms with Crippen LogP contribution in [-0.2, 0) is 6.42 Å². The third-order valence-corrected chi connectivity index (χ3v) is 3.23. The van der Waals surface area contributed by atoms with E-state index in [1.165, 1.54) is 16.7 Å². The topological polar surface area (TPSA) is 58.4 Å². The Morgan fingerprint density at radius 1 is 1.44 bits per heavy atom. The maximum atomic E-state index is 11.3. The highest BCUT2D eigenvalue weighted by Crippen LogP contribution is 2.19. The predicted molar refractivity (Wildman–Crippen MR) is 74.3 cm³/mol. The number of aryl methyl sites for hydroxylation is 1. The lowest BCUT2D eigenvalue weighted by Gasteiger charge is -2.17. The monoisotopic (exact) mass is 249 g/mol. The Morgan fingerprint density at radius 2 is 2.11 bits per heavy atom. The Balaban J connectivity index is 2.72. The Kier molecular flexibility index (Phi) is 5.16. The molecule has 0 spiro atoms. The van der Waals surface area contributed by atoms with Crippen LogP contribution >= 0.6 is 0 Å². The zero-order chi connectivity index (χ0) is 13.7. The van der Waals surface area contributed by atoms with E-state index in [-0.39, 0.29) is 6.03 Å². The highest BCUT2D eigenvalue weighted by molar-refractivity contribution is 5.73. The summed E-state index contributed by atoms with van der Waals surface area (Å²) in [5.74, 6) is 5.62. The van der Waals surface area contributed by atoms with Gasteiger partial charge in [-0.05, 0) is 36.0 Å². The van der Waals surface area contributed by atoms with Crippen LogP contribution in [0.4, 0.5) is 4.79 Å². The number of nitrogens with two attached hydrogens (primary N) is 1. The Labute approximate surface area is 109 Å². The summed E-state index contributed by atoms with van der Waals surface area (Å²) < 4.78 is 0. The number of rotatable bonds is 4. The number of hydrogen-bond donors (Lipinski definition) is 2. The van der Waals surface area contributed by atoms with Crippen molar-refractivity contribution in [1.82, 2.24) is 10.3 Å². The number of hydrazine groups is 1. The normalized spacial score (nSPS) is 10.6. The number of nitrogens with zero attached hydrogens (tertiary/aromatic N) is 1. The largest absolute Gasteiger partial charge is 0.331 e. The SMILES string of the molecule is Cc1ccc(C(C)C)cc1CCN(C)C(=O)NN. The molecule has 1 rings (SSSR count). The van der Waals surface area contributed by atoms with Crippen molar-refractivity contribution in [3.8, 4) is 0 Å². The van der Waals surface area contributed by atoms with Gasteiger partial charge in [-0.1, -0.05) is 32.0 Å². The highest BCUT2D eigenvalue weighted by Gasteiger charge is 2.08. The molecule has 0 heterocycles. The van der Waals surface area contributed by atoms with Crippen LogP contribution in [0.1, 0.15) is 36.5 Å². The molecule has 0 radical (unpaired) electrons. The van der Waals surface area contributed by atoms with E-state index in [0.29, 0.717) is 12.5 Å². The summed E-state index contributed by atoms with van der Waals surface area (Å²) >= 11 is 0. The molecule has 0 aliphatic carbocycles. The molecule has 0 atom stereocenters. The van der Waals surface area contributed by atoms with E-state index in [4.69, 9.17) is 5.84 Å². The maximum Gasteiger partial charge on any atom is 0.331 e. The van der Waals surface area contributed by atoms with Gasteiger partial charge in [-0.15, -0.1) is 0 Å². The van der Waals surface area contributed by atoms with Crippen molar-refractivity contribution in [1.29, 1.82) is 0 Å². The van der Waals surface area contributed by atoms with Gasteiger partial charge in [0.1, 0.15) is 0 Å². The molecular formula is C14H23N3O. The molecule has 1 aromatic rings. The quantitative estimate of drug-likeness (QED) is 0.488. The van der Waals surface area contributed by atoms with Crippen molar-refractivity contribution in [2.45, 2.75) is 33.1 Å². The molecule has 0 saturated heterocycles. The number of likely N-dealkylation sites (N-methyl/N-ethyl adjacent to an activating group) is 1. The lowest BCUT2D eigenvalue weighted by molar-refractivity contribution is 0.209. The lowest BCUT2D eigenvalue weighted by Crippen LogP contribution is -2.42. The number of hydrogen-bond acceptors (Lipinski definition) is 2. The summed E-state index contributed by atoms with van der Waals surface area (Å²) in [6.45, 7) is 7.12. The van der Waals surface area contributed by atoms with Crippen molar-refractivity contribution in [3.63, 3.8) is 0 Å². The zero-order valence-electron chi connectivity index (χ0n) is 11.7. The van der Waals surface area contributed by atoms with Gasteiger partial charge in [0.2, 0.25) is 0 Å². The molecule has 0 fully saturated rings. The molecule has 0 aliphatic rings. The number of carbonyl (C=O) groups is 1. The minimum atomic E-state index is -0.257. The second kappa shape index (κ2) is 6.40. The first-order chi connectivity index (χ1) is 8.45. The molecule has 0 bridgehead atoms. The Morgan fingerprint density at radius 3 is 2.67 bits per heavy atom. The van der Waals surface area contributed by atoms with Crippen LogP contribution in [0, 0.1) is 6.92 Å². The van der Waals surface area contributed by atoms with E-state index < -0.39 is 0 Å². The van der Waals surface area contributed by atoms with Gasteiger partial charge in [-0.2, -0.15) is 0 Å². The Bertz CT molecular complexity index is 416. The van der Waals surface area contributed by atoms with Gasteiger partial charge >= 0.3 is 6.03 Å². The van der Waals surface area contributed by atoms with E-state index in [1.54, 1.807) is 11.9 Å². The van der Waals surface area contributed by atoms with E-state index in [0.717, 1.165) is 6.42 Å². The van der Waals surface area contributed by atoms with E-state index in [1.807, 2.05) is 0 Å². The van der Waals surface area contributed by atoms with Gasteiger partial charge in [0.25, 0.3) is 0 Å². The Hall–Kier alpha value is -1.55. The number of carbonyl (C=O) groups excluding carboxylic acids is 1. The average Bonchev–Trinajstić information content (AvgIpc) is 2.36. The fourth-order valence-corrected chi connectivity index (χ4v) is 1.82. The second-order valence-electron chi connectivity index (χ2n) is 4.96. The zero-order valence-corrected chi connectivity index (χ0v) is 11.7. The van der Waals surface area contributed by atoms with Crippen molar-refractivity contribution in [2.24, 2.45) is 5.84 Å². The summed E-state index contributed by atoms with van der Waals surface area (Å²) in [4.78, 5) is 12.9. The van der Waals surface area contributed by atoms with Crippen molar-refractivity contribution < 1.29 is 4.79 Å². The van der Waals surface area contributed by atoms with Crippen LogP contribution < -0.4 is 11.3 Å². The lowest BCUT2D eigenvalue weighted by atomic mass is 9.96. The summed E-state index contributed by atoms with van der Waals surface area (Å²) in [5, 5.41) is 0. The first-order valence-electron chi connectivity index (χ1n) is 6.26. The van der Waals surface area contributed by atoms with Crippen LogP contribution in [0.3, 0.4) is 0 Å². The van der Waals surface area contributed by atoms with Crippen molar-refractivity contribution in [2.75, 3.05) is 13.6 Å². The minimum absolute atomic E-state index is 0.257. The van der Waals surface area contributed by atoms with Crippen molar-refractivity contribution >= 4 is 6.03 Å². The molecular weight excluding hydrogens is 226 g/mol. The first kappa shape index (κ1) is 14.5. The minimum Gasteiger partial charge on any atom is -0.326 e. The molecule has 0 unspecified atom stereocenters. The van der Waals surface area contributed by atoms with Gasteiger partial charge in [0, 0.05) is 13.6 Å². The molecule has 1 aromatic carbocycles. The first-order valence-corrected chi connectivity index (χ1v) is 6.26. The summed E-state index contributed by atoms with van der Waals surface area (Å²) in [7, 11) is 1.74. The molecule has 0 aromatic heterocycles. The molecule has 2 amide bonds. The fourth-order valence-electron chi connectivity index (χ4n) is 1.82. The van der Waals surface area contributed by atoms with Crippen LogP contribution in [0.2, 0.25) is 0 Å². The number of urea groups is 1. The van der Waals surface area contributed by atoms with Crippen LogP contribution in [0.5, 0.6) is 0 Å². The van der Waals surface area contributed by atoms with Gasteiger partial charge < -0.3 is 4.90 Å². The fraction of sp³-hybridized carbons (Fsp3) is 0.500. The van der Waals surface area contributed by atoms with E-state index >= 15 is 0 Å². The highest BCUT2D eigenvalue weighted by atomic mass is 16.2. The molecule has 3 N–H and O–H groups in total. The predicted octanol–water partition coefficient (Wildman–Crippen LogP) is 2.18. The average molecular weight is 249 g/mol. The van der Waals surface area contributed by atoms with Crippen molar-refractivity contribution in [3.05, 3.63) is 34.9 Å². The molecule has 100 valence electrons. The van der Waals surface area contributed by atoms with Crippen LogP contribution in [0.25, 0.3) is 0 Å². The number of amides is 2. The second-order valence-corrected chi connectivity index (χ2v) is 4.96. The third kappa shape index (κ3) is 3.74. The summed E-state index contributed by atoms with van der Waals surface area (Å²) in [6, 6.07) is 6.29. The smallest absolute Gasteiger partial charge is 0.326 e. The molecule has 4 nitrogen and oxygen atoms in total. The van der Waals surface area contributed by atoms with E-state index in [9.17, 15) is 4.79 Å².